The number of nitrogens with zero attached hydrogens (tertiary/aromatic N) is 22. The maximum atomic E-state index is 11.7. The Bertz CT molecular complexity index is 6190. The number of aliphatic hydroxyl groups is 3. The number of carboxylic acid groups (broad SMARTS) is 3. The van der Waals surface area contributed by atoms with Crippen molar-refractivity contribution in [1.82, 2.24) is 49.5 Å². The van der Waals surface area contributed by atoms with E-state index >= 15 is 0 Å². The molecule has 0 radical (unpaired) electrons. The van der Waals surface area contributed by atoms with Crippen LogP contribution in [0.25, 0.3) is 0 Å². The van der Waals surface area contributed by atoms with Gasteiger partial charge in [0.1, 0.15) is 75.5 Å². The van der Waals surface area contributed by atoms with Crippen LogP contribution in [-0.4, -0.2) is 269 Å². The first-order valence-electron chi connectivity index (χ1n) is 46.7. The number of phenols is 6. The third-order valence-corrected chi connectivity index (χ3v) is 23.0. The second kappa shape index (κ2) is 62.3. The molecule has 0 aliphatic heterocycles. The molecule has 52 heteroatoms. The molecule has 10 rings (SSSR count). The Hall–Kier alpha value is -14.6. The Labute approximate surface area is 865 Å². The Kier molecular flexibility index (Phi) is 52.1. The van der Waals surface area contributed by atoms with E-state index in [1.165, 1.54) is 39.0 Å². The summed E-state index contributed by atoms with van der Waals surface area (Å²) in [5.41, 5.74) is 6.54. The van der Waals surface area contributed by atoms with Crippen molar-refractivity contribution < 1.29 is 111 Å². The summed E-state index contributed by atoms with van der Waals surface area (Å²) in [6.45, 7) is 43.1. The fourth-order valence-corrected chi connectivity index (χ4v) is 13.6. The molecule has 0 spiro atoms. The molecule has 3 unspecified atom stereocenters. The zero-order chi connectivity index (χ0) is 108. The molecule has 0 saturated carbocycles. The van der Waals surface area contributed by atoms with Gasteiger partial charge in [-0.1, -0.05) is 67.5 Å². The number of anilines is 8. The van der Waals surface area contributed by atoms with Crippen LogP contribution in [0.15, 0.2) is 205 Å². The zero-order valence-corrected chi connectivity index (χ0v) is 87.2. The molecule has 796 valence electrons. The average molecular weight is 2120 g/mol. The van der Waals surface area contributed by atoms with E-state index in [9.17, 15) is 61.9 Å². The van der Waals surface area contributed by atoms with E-state index in [0.29, 0.717) is 105 Å². The number of primary sulfonamides is 2. The smallest absolute Gasteiger partial charge is 0.506 e. The first-order chi connectivity index (χ1) is 69.3. The van der Waals surface area contributed by atoms with Crippen LogP contribution in [-0.2, 0) is 51.5 Å². The van der Waals surface area contributed by atoms with Gasteiger partial charge in [-0.05, 0) is 284 Å². The van der Waals surface area contributed by atoms with Gasteiger partial charge in [0.05, 0.1) is 43.9 Å². The minimum Gasteiger partial charge on any atom is -0.506 e. The van der Waals surface area contributed by atoms with E-state index in [1.54, 1.807) is 25.1 Å². The van der Waals surface area contributed by atoms with Gasteiger partial charge in [0, 0.05) is 66.8 Å². The van der Waals surface area contributed by atoms with Gasteiger partial charge in [-0.15, -0.1) is 30.7 Å². The first-order valence-corrected chi connectivity index (χ1v) is 49.8. The standard InChI is InChI=1S/2C43H57N15O5S.3C3H6O3.Fe/c1-7-57(8-2)22-12-20-45-41-48-42(46-21-13-23-58(9-3)10-4)50-43(49-41)47-30-14-11-15-31(26-30)51-53-34-24-29(6)35(25-28(34)5)54-56-39-38(60)19-17-33(40(39)61)52-55-36-27-32(64(44,62)63)16-18-37(36)59;1-7-57(8-2)20-12-18-45-41-48-42(46-19-13-21-58(9-3)10-4)50-43(49-41)47-30-14-11-15-31(24-30)51-52-33-22-29(6)34(23-28(33)5)53-55-36-26-37(40(61)27-39(36)60)56-54-35-25-32(64(44,62)63)16-17-38(35)59;3*1-2(4)3(5)6;/h11,14-19,24-27,59-61H,7-10,12-13,20-23H2,1-6H3,(H2,44,62,63)(H3,45,46,47,48,49,50);11,14-17,22-27,59-61H,7-10,12-13,18-21H2,1-6H3,(H2,44,62,63)(H3,45,46,47,48,49,50);3*2,4H,1H3,(H,5,6);/p+1. The Morgan fingerprint density at radius 2 is 0.592 bits per heavy atom. The average Bonchev–Trinajstić information content (AvgIpc) is 0.813. The van der Waals surface area contributed by atoms with E-state index < -0.39 is 67.8 Å². The molecule has 2 aromatic heterocycles. The third kappa shape index (κ3) is 43.0. The number of rotatable bonds is 49. The van der Waals surface area contributed by atoms with Gasteiger partial charge >= 0.3 is 19.3 Å². The van der Waals surface area contributed by atoms with Crippen LogP contribution in [0.3, 0.4) is 0 Å². The van der Waals surface area contributed by atoms with Crippen molar-refractivity contribution in [1.29, 1.82) is 0 Å². The molecular formula is C95H133FeN30O19S2+. The van der Waals surface area contributed by atoms with Crippen LogP contribution >= 0.6 is 0 Å². The number of aliphatic hydroxyl groups excluding tert-OH is 3. The van der Waals surface area contributed by atoms with Gasteiger partial charge in [0.15, 0.2) is 11.4 Å². The van der Waals surface area contributed by atoms with Crippen molar-refractivity contribution in [2.75, 3.05) is 137 Å². The number of nitrogens with two attached hydrogens (primary N) is 2. The number of benzene rings is 8. The molecule has 49 nitrogen and oxygen atoms in total. The van der Waals surface area contributed by atoms with Crippen molar-refractivity contribution in [2.24, 2.45) is 71.6 Å². The van der Waals surface area contributed by atoms with Crippen LogP contribution in [0.4, 0.5) is 115 Å². The minimum absolute atomic E-state index is 0. The van der Waals surface area contributed by atoms with Gasteiger partial charge in [0.25, 0.3) is 0 Å². The van der Waals surface area contributed by atoms with Crippen LogP contribution in [0.5, 0.6) is 34.5 Å². The number of sulfonamides is 2. The second-order valence-electron chi connectivity index (χ2n) is 32.3. The molecule has 22 N–H and O–H groups in total. The summed E-state index contributed by atoms with van der Waals surface area (Å²) in [7, 11) is -8.15. The summed E-state index contributed by atoms with van der Waals surface area (Å²) in [5, 5.41) is 191. The first kappa shape index (κ1) is 123. The largest absolute Gasteiger partial charge is 1.00 e. The number of carboxylic acids is 3. The number of hydrogen-bond donors (Lipinski definition) is 20. The zero-order valence-electron chi connectivity index (χ0n) is 85.5. The predicted molar refractivity (Wildman–Crippen MR) is 557 cm³/mol. The summed E-state index contributed by atoms with van der Waals surface area (Å²) in [5.74, 6) is -3.40. The number of phenolic OH excluding ortho intramolecular Hbond substituents is 6. The molecule has 0 bridgehead atoms. The van der Waals surface area contributed by atoms with Gasteiger partial charge in [0.2, 0.25) is 55.7 Å². The maximum Gasteiger partial charge on any atom is 1.00 e. The van der Waals surface area contributed by atoms with E-state index in [-0.39, 0.29) is 85.4 Å². The van der Waals surface area contributed by atoms with Crippen LogP contribution < -0.4 is 42.2 Å². The number of aromatic hydroxyl groups is 6. The summed E-state index contributed by atoms with van der Waals surface area (Å²) < 4.78 is 47.0. The van der Waals surface area contributed by atoms with Crippen LogP contribution in [0.1, 0.15) is 126 Å². The van der Waals surface area contributed by atoms with E-state index in [1.807, 2.05) is 75.4 Å². The topological polar surface area (TPSA) is 725 Å². The molecule has 8 aromatic carbocycles. The van der Waals surface area contributed by atoms with Crippen LogP contribution in [0.2, 0.25) is 0 Å². The fraction of sp³-hybridized carbons (Fsp3) is 0.400. The van der Waals surface area contributed by atoms with Gasteiger partial charge < -0.3 is 113 Å². The molecule has 3 atom stereocenters. The number of azo groups is 6. The number of aryl methyl sites for hydroxylation is 4. The van der Waals surface area contributed by atoms with Gasteiger partial charge in [-0.25, -0.2) is 41.5 Å². The summed E-state index contributed by atoms with van der Waals surface area (Å²) >= 11 is 0. The van der Waals surface area contributed by atoms with Crippen molar-refractivity contribution >= 4 is 153 Å². The molecule has 0 saturated heterocycles. The molecule has 0 aliphatic rings. The second-order valence-corrected chi connectivity index (χ2v) is 35.4. The summed E-state index contributed by atoms with van der Waals surface area (Å²) in [6, 6.07) is 33.2. The van der Waals surface area contributed by atoms with Crippen molar-refractivity contribution in [3.05, 3.63) is 156 Å². The molecule has 2 heterocycles. The predicted octanol–water partition coefficient (Wildman–Crippen LogP) is 17.5. The molecule has 0 aliphatic carbocycles. The van der Waals surface area contributed by atoms with Crippen molar-refractivity contribution in [3.63, 3.8) is 0 Å². The molecule has 147 heavy (non-hydrogen) atoms. The minimum atomic E-state index is -4.08. The van der Waals surface area contributed by atoms with Gasteiger partial charge in [-0.2, -0.15) is 60.6 Å². The SMILES string of the molecule is CC(O)C(=O)O.CC(O)C(=O)O.CC(O)C(=O)O.CCN(CC)CCCNc1nc(NCCCN(CC)CC)nc(Nc2cccc(N=Nc3cc(C)c(N=Nc4c(O)ccc(N=Nc5cc(S(N)(=O)=O)ccc5O)c4O)cc3C)c2)n1.CCN(CC)CCCNc1nc(NCCCN(CC)CC)nc(Nc2cccc(N=Nc3cc(C)c(N=Nc4cc(N=Nc5cc(S(N)(=O)=O)ccc5O)c(O)cc4O)cc3C)c2)n1.[Fe].[H+]. The number of carbonyl (C=O) groups is 3. The number of aliphatic carboxylic acids is 3. The third-order valence-electron chi connectivity index (χ3n) is 21.2. The normalized spacial score (nSPS) is 12.2. The summed E-state index contributed by atoms with van der Waals surface area (Å²) in [4.78, 5) is 65.2. The Morgan fingerprint density at radius 3 is 0.878 bits per heavy atom. The fourth-order valence-electron chi connectivity index (χ4n) is 12.5. The molecule has 10 aromatic rings. The molecular weight excluding hydrogens is 1990 g/mol. The monoisotopic (exact) mass is 2120 g/mol. The van der Waals surface area contributed by atoms with Crippen LogP contribution in [0, 0.1) is 27.7 Å². The van der Waals surface area contributed by atoms with E-state index in [0.717, 1.165) is 171 Å². The quantitative estimate of drug-likeness (QED) is 0.00956. The Morgan fingerprint density at radius 1 is 0.333 bits per heavy atom. The number of nitrogens with one attached hydrogen (secondary N) is 6. The van der Waals surface area contributed by atoms with E-state index in [4.69, 9.17) is 40.9 Å². The number of aromatic nitrogens is 6. The maximum absolute atomic E-state index is 11.7. The van der Waals surface area contributed by atoms with Crippen molar-refractivity contribution in [2.45, 2.75) is 158 Å². The van der Waals surface area contributed by atoms with Crippen molar-refractivity contribution in [3.8, 4) is 34.5 Å². The Balaban J connectivity index is 0.000000521. The molecule has 0 amide bonds. The number of hydrogen-bond acceptors (Lipinski definition) is 44. The van der Waals surface area contributed by atoms with Gasteiger partial charge in [-0.3, -0.25) is 0 Å². The summed E-state index contributed by atoms with van der Waals surface area (Å²) in [6.07, 6.45) is 0.0900. The van der Waals surface area contributed by atoms with E-state index in [2.05, 4.69) is 198 Å². The molecule has 0 fully saturated rings.